The summed E-state index contributed by atoms with van der Waals surface area (Å²) in [7, 11) is 0. The second-order valence-corrected chi connectivity index (χ2v) is 5.33. The molecule has 0 aliphatic carbocycles. The molecular weight excluding hydrogens is 290 g/mol. The molecule has 0 saturated carbocycles. The van der Waals surface area contributed by atoms with Crippen molar-refractivity contribution in [2.24, 2.45) is 0 Å². The number of benzene rings is 1. The molecule has 0 aliphatic rings. The van der Waals surface area contributed by atoms with Crippen molar-refractivity contribution in [3.63, 3.8) is 0 Å². The molecule has 2 amide bonds. The predicted molar refractivity (Wildman–Crippen MR) is 89.4 cm³/mol. The zero-order chi connectivity index (χ0) is 16.7. The van der Waals surface area contributed by atoms with E-state index in [-0.39, 0.29) is 0 Å². The number of carbonyl (C=O) groups excluding carboxylic acids is 2. The number of carbonyl (C=O) groups is 2. The Hall–Kier alpha value is -2.95. The molecule has 5 nitrogen and oxygen atoms in total. The summed E-state index contributed by atoms with van der Waals surface area (Å²) in [5, 5.41) is 0. The van der Waals surface area contributed by atoms with E-state index in [1.807, 2.05) is 24.3 Å². The quantitative estimate of drug-likeness (QED) is 0.674. The van der Waals surface area contributed by atoms with Gasteiger partial charge in [-0.1, -0.05) is 38.1 Å². The highest BCUT2D eigenvalue weighted by Crippen LogP contribution is 2.15. The average Bonchev–Trinajstić information content (AvgIpc) is 2.59. The Morgan fingerprint density at radius 1 is 1.00 bits per heavy atom. The molecule has 0 radical (unpaired) electrons. The first-order valence-corrected chi connectivity index (χ1v) is 7.34. The maximum absolute atomic E-state index is 11.7. The van der Waals surface area contributed by atoms with Crippen molar-refractivity contribution < 1.29 is 9.59 Å². The normalized spacial score (nSPS) is 10.7. The third kappa shape index (κ3) is 5.07. The van der Waals surface area contributed by atoms with E-state index in [0.717, 1.165) is 5.56 Å². The summed E-state index contributed by atoms with van der Waals surface area (Å²) in [6.07, 6.45) is 6.09. The molecule has 0 saturated heterocycles. The molecule has 2 N–H and O–H groups in total. The van der Waals surface area contributed by atoms with Gasteiger partial charge in [-0.3, -0.25) is 25.4 Å². The van der Waals surface area contributed by atoms with Gasteiger partial charge >= 0.3 is 0 Å². The molecule has 2 rings (SSSR count). The van der Waals surface area contributed by atoms with E-state index in [1.165, 1.54) is 24.0 Å². The van der Waals surface area contributed by atoms with Gasteiger partial charge in [0.1, 0.15) is 0 Å². The number of nitrogens with zero attached hydrogens (tertiary/aromatic N) is 1. The van der Waals surface area contributed by atoms with Crippen molar-refractivity contribution in [2.45, 2.75) is 19.8 Å². The van der Waals surface area contributed by atoms with E-state index >= 15 is 0 Å². The number of hydrogen-bond donors (Lipinski definition) is 2. The minimum atomic E-state index is -0.402. The van der Waals surface area contributed by atoms with Crippen molar-refractivity contribution in [3.8, 4) is 0 Å². The Balaban J connectivity index is 1.85. The molecular formula is C18H19N3O2. The van der Waals surface area contributed by atoms with Crippen LogP contribution in [0.1, 0.15) is 41.3 Å². The second-order valence-electron chi connectivity index (χ2n) is 5.33. The third-order valence-electron chi connectivity index (χ3n) is 3.27. The van der Waals surface area contributed by atoms with Crippen LogP contribution in [0.5, 0.6) is 0 Å². The maximum Gasteiger partial charge on any atom is 0.269 e. The molecule has 1 aromatic heterocycles. The molecule has 0 spiro atoms. The second kappa shape index (κ2) is 7.89. The van der Waals surface area contributed by atoms with Gasteiger partial charge in [0, 0.05) is 24.0 Å². The van der Waals surface area contributed by atoms with Gasteiger partial charge in [-0.05, 0) is 35.3 Å². The highest BCUT2D eigenvalue weighted by Gasteiger charge is 2.04. The molecule has 0 fully saturated rings. The van der Waals surface area contributed by atoms with Crippen LogP contribution in [0.4, 0.5) is 0 Å². The number of hydrazine groups is 1. The molecule has 2 aromatic rings. The summed E-state index contributed by atoms with van der Waals surface area (Å²) >= 11 is 0. The fourth-order valence-electron chi connectivity index (χ4n) is 1.90. The van der Waals surface area contributed by atoms with Gasteiger partial charge < -0.3 is 0 Å². The van der Waals surface area contributed by atoms with Crippen LogP contribution in [0.2, 0.25) is 0 Å². The van der Waals surface area contributed by atoms with Gasteiger partial charge in [0.25, 0.3) is 11.8 Å². The van der Waals surface area contributed by atoms with Crippen LogP contribution < -0.4 is 10.9 Å². The van der Waals surface area contributed by atoms with Crippen LogP contribution >= 0.6 is 0 Å². The lowest BCUT2D eigenvalue weighted by Gasteiger charge is -2.05. The number of hydrogen-bond acceptors (Lipinski definition) is 3. The van der Waals surface area contributed by atoms with Crippen molar-refractivity contribution >= 4 is 17.9 Å². The SMILES string of the molecule is CC(C)c1ccc(C=CC(=O)NNC(=O)c2ccncc2)cc1. The van der Waals surface area contributed by atoms with E-state index < -0.39 is 11.8 Å². The van der Waals surface area contributed by atoms with Crippen molar-refractivity contribution in [2.75, 3.05) is 0 Å². The number of aromatic nitrogens is 1. The number of nitrogens with one attached hydrogen (secondary N) is 2. The summed E-state index contributed by atoms with van der Waals surface area (Å²) < 4.78 is 0. The average molecular weight is 309 g/mol. The topological polar surface area (TPSA) is 71.1 Å². The van der Waals surface area contributed by atoms with Crippen molar-refractivity contribution in [1.29, 1.82) is 0 Å². The minimum Gasteiger partial charge on any atom is -0.268 e. The van der Waals surface area contributed by atoms with Crippen LogP contribution in [0.25, 0.3) is 6.08 Å². The lowest BCUT2D eigenvalue weighted by atomic mass is 10.0. The molecule has 118 valence electrons. The largest absolute Gasteiger partial charge is 0.269 e. The van der Waals surface area contributed by atoms with Crippen LogP contribution in [0.15, 0.2) is 54.9 Å². The van der Waals surface area contributed by atoms with Crippen LogP contribution in [-0.4, -0.2) is 16.8 Å². The molecule has 0 bridgehead atoms. The zero-order valence-electron chi connectivity index (χ0n) is 13.1. The summed E-state index contributed by atoms with van der Waals surface area (Å²) in [5.41, 5.74) is 7.27. The van der Waals surface area contributed by atoms with E-state index in [0.29, 0.717) is 11.5 Å². The Morgan fingerprint density at radius 2 is 1.65 bits per heavy atom. The first-order valence-electron chi connectivity index (χ1n) is 7.34. The summed E-state index contributed by atoms with van der Waals surface area (Å²) in [6.45, 7) is 4.26. The van der Waals surface area contributed by atoms with E-state index in [1.54, 1.807) is 18.2 Å². The first kappa shape index (κ1) is 16.4. The van der Waals surface area contributed by atoms with Crippen LogP contribution in [0.3, 0.4) is 0 Å². The zero-order valence-corrected chi connectivity index (χ0v) is 13.1. The van der Waals surface area contributed by atoms with Crippen molar-refractivity contribution in [3.05, 3.63) is 71.6 Å². The summed E-state index contributed by atoms with van der Waals surface area (Å²) in [5.74, 6) is -0.324. The lowest BCUT2D eigenvalue weighted by Crippen LogP contribution is -2.40. The molecule has 1 aromatic carbocycles. The van der Waals surface area contributed by atoms with Gasteiger partial charge in [0.15, 0.2) is 0 Å². The predicted octanol–water partition coefficient (Wildman–Crippen LogP) is 2.68. The van der Waals surface area contributed by atoms with Crippen LogP contribution in [-0.2, 0) is 4.79 Å². The highest BCUT2D eigenvalue weighted by atomic mass is 16.2. The van der Waals surface area contributed by atoms with Gasteiger partial charge in [-0.15, -0.1) is 0 Å². The molecule has 0 aliphatic heterocycles. The lowest BCUT2D eigenvalue weighted by molar-refractivity contribution is -0.117. The maximum atomic E-state index is 11.7. The van der Waals surface area contributed by atoms with Gasteiger partial charge in [-0.2, -0.15) is 0 Å². The molecule has 0 atom stereocenters. The Kier molecular flexibility index (Phi) is 5.63. The van der Waals surface area contributed by atoms with E-state index in [4.69, 9.17) is 0 Å². The van der Waals surface area contributed by atoms with Gasteiger partial charge in [0.05, 0.1) is 0 Å². The monoisotopic (exact) mass is 309 g/mol. The van der Waals surface area contributed by atoms with Crippen molar-refractivity contribution in [1.82, 2.24) is 15.8 Å². The Bertz CT molecular complexity index is 692. The fourth-order valence-corrected chi connectivity index (χ4v) is 1.90. The molecule has 23 heavy (non-hydrogen) atoms. The fraction of sp³-hybridized carbons (Fsp3) is 0.167. The van der Waals surface area contributed by atoms with E-state index in [9.17, 15) is 9.59 Å². The molecule has 5 heteroatoms. The molecule has 1 heterocycles. The standard InChI is InChI=1S/C18H19N3O2/c1-13(2)15-6-3-14(4-7-15)5-8-17(22)20-21-18(23)16-9-11-19-12-10-16/h3-13H,1-2H3,(H,20,22)(H,21,23). The molecule has 0 unspecified atom stereocenters. The summed E-state index contributed by atoms with van der Waals surface area (Å²) in [4.78, 5) is 27.3. The summed E-state index contributed by atoms with van der Waals surface area (Å²) in [6, 6.07) is 11.1. The Morgan fingerprint density at radius 3 is 2.26 bits per heavy atom. The van der Waals surface area contributed by atoms with Crippen LogP contribution in [0, 0.1) is 0 Å². The third-order valence-corrected chi connectivity index (χ3v) is 3.27. The van der Waals surface area contributed by atoms with E-state index in [2.05, 4.69) is 29.7 Å². The number of rotatable bonds is 4. The highest BCUT2D eigenvalue weighted by molar-refractivity contribution is 5.97. The smallest absolute Gasteiger partial charge is 0.268 e. The number of amides is 2. The van der Waals surface area contributed by atoms with Gasteiger partial charge in [-0.25, -0.2) is 0 Å². The van der Waals surface area contributed by atoms with Gasteiger partial charge in [0.2, 0.25) is 0 Å². The number of pyridine rings is 1. The Labute approximate surface area is 135 Å². The first-order chi connectivity index (χ1) is 11.1. The minimum absolute atomic E-state index is 0.393.